The second-order valence-electron chi connectivity index (χ2n) is 12.5. The van der Waals surface area contributed by atoms with Crippen molar-refractivity contribution < 1.29 is 19.2 Å². The Labute approximate surface area is 231 Å². The molecule has 0 spiro atoms. The van der Waals surface area contributed by atoms with Gasteiger partial charge in [-0.1, -0.05) is 50.2 Å². The monoisotopic (exact) mass is 540 g/mol. The number of para-hydroxylation sites is 2. The molecule has 0 radical (unpaired) electrons. The fourth-order valence-corrected chi connectivity index (χ4v) is 8.91. The number of carbonyl (C=O) groups excluding carboxylic acids is 4. The third-order valence-electron chi connectivity index (χ3n) is 10.5. The number of nitrogens with one attached hydrogen (secondary N) is 4. The third-order valence-corrected chi connectivity index (χ3v) is 10.5. The van der Waals surface area contributed by atoms with Crippen molar-refractivity contribution in [2.75, 3.05) is 10.6 Å². The van der Waals surface area contributed by atoms with Gasteiger partial charge in [-0.05, 0) is 48.9 Å². The topological polar surface area (TPSA) is 123 Å². The van der Waals surface area contributed by atoms with Crippen LogP contribution in [0.1, 0.15) is 44.7 Å². The van der Waals surface area contributed by atoms with Crippen LogP contribution in [0, 0.1) is 5.92 Å². The van der Waals surface area contributed by atoms with Crippen LogP contribution >= 0.6 is 0 Å². The van der Waals surface area contributed by atoms with E-state index >= 15 is 0 Å². The Kier molecular flexibility index (Phi) is 4.49. The minimum absolute atomic E-state index is 0.0702. The number of fused-ring (bicyclic) bond motifs is 11. The average molecular weight is 541 g/mol. The second kappa shape index (κ2) is 7.56. The summed E-state index contributed by atoms with van der Waals surface area (Å²) in [5.74, 6) is -0.627. The summed E-state index contributed by atoms with van der Waals surface area (Å²) in [6, 6.07) is 13.5. The Morgan fingerprint density at radius 1 is 0.700 bits per heavy atom. The summed E-state index contributed by atoms with van der Waals surface area (Å²) in [5.41, 5.74) is 2.27. The fraction of sp³-hybridized carbons (Fsp3) is 0.467. The van der Waals surface area contributed by atoms with E-state index in [4.69, 9.17) is 0 Å². The summed E-state index contributed by atoms with van der Waals surface area (Å²) >= 11 is 0. The molecule has 8 atom stereocenters. The maximum absolute atomic E-state index is 14.1. The van der Waals surface area contributed by atoms with Gasteiger partial charge in [0, 0.05) is 11.4 Å². The van der Waals surface area contributed by atoms with Crippen LogP contribution < -0.4 is 21.3 Å². The van der Waals surface area contributed by atoms with Gasteiger partial charge in [-0.15, -0.1) is 0 Å². The molecule has 4 saturated heterocycles. The van der Waals surface area contributed by atoms with E-state index in [0.29, 0.717) is 12.8 Å². The number of hydrogen-bond acceptors (Lipinski definition) is 6. The fourth-order valence-electron chi connectivity index (χ4n) is 8.91. The predicted octanol–water partition coefficient (Wildman–Crippen LogP) is 1.24. The molecule has 0 unspecified atom stereocenters. The van der Waals surface area contributed by atoms with Crippen molar-refractivity contribution >= 4 is 35.0 Å². The van der Waals surface area contributed by atoms with E-state index in [0.717, 1.165) is 22.5 Å². The highest BCUT2D eigenvalue weighted by Crippen LogP contribution is 2.68. The Morgan fingerprint density at radius 3 is 1.70 bits per heavy atom. The predicted molar refractivity (Wildman–Crippen MR) is 146 cm³/mol. The van der Waals surface area contributed by atoms with Crippen LogP contribution in [0.5, 0.6) is 0 Å². The molecule has 4 amide bonds. The maximum atomic E-state index is 14.1. The van der Waals surface area contributed by atoms with Crippen LogP contribution in [-0.2, 0) is 30.0 Å². The lowest BCUT2D eigenvalue weighted by atomic mass is 9.54. The molecule has 8 rings (SSSR count). The van der Waals surface area contributed by atoms with Crippen LogP contribution in [0.15, 0.2) is 48.5 Å². The van der Waals surface area contributed by atoms with E-state index in [1.807, 2.05) is 50.2 Å². The summed E-state index contributed by atoms with van der Waals surface area (Å²) < 4.78 is 0. The van der Waals surface area contributed by atoms with Crippen molar-refractivity contribution in [3.63, 3.8) is 0 Å². The number of rotatable bonds is 2. The van der Waals surface area contributed by atoms with Crippen molar-refractivity contribution in [3.05, 3.63) is 59.7 Å². The van der Waals surface area contributed by atoms with E-state index in [1.165, 1.54) is 0 Å². The van der Waals surface area contributed by atoms with E-state index < -0.39 is 47.3 Å². The molecule has 10 heteroatoms. The molecule has 206 valence electrons. The number of anilines is 2. The number of piperazine rings is 2. The number of benzene rings is 2. The van der Waals surface area contributed by atoms with E-state index in [1.54, 1.807) is 16.7 Å². The van der Waals surface area contributed by atoms with Gasteiger partial charge in [-0.25, -0.2) is 0 Å². The van der Waals surface area contributed by atoms with Gasteiger partial charge in [-0.3, -0.25) is 19.2 Å². The maximum Gasteiger partial charge on any atom is 0.247 e. The molecule has 6 aliphatic rings. The quantitative estimate of drug-likeness (QED) is 0.455. The minimum Gasteiger partial charge on any atom is -0.364 e. The molecule has 4 fully saturated rings. The first-order valence-electron chi connectivity index (χ1n) is 14.2. The largest absolute Gasteiger partial charge is 0.364 e. The van der Waals surface area contributed by atoms with Crippen LogP contribution in [-0.4, -0.2) is 69.9 Å². The molecule has 2 aromatic carbocycles. The molecule has 10 nitrogen and oxygen atoms in total. The molecule has 0 aromatic heterocycles. The Hall–Kier alpha value is -4.08. The van der Waals surface area contributed by atoms with Crippen LogP contribution in [0.2, 0.25) is 0 Å². The lowest BCUT2D eigenvalue weighted by molar-refractivity contribution is -0.150. The van der Waals surface area contributed by atoms with Gasteiger partial charge in [0.15, 0.2) is 0 Å². The number of hydrogen-bond donors (Lipinski definition) is 4. The Bertz CT molecular complexity index is 1530. The Morgan fingerprint density at radius 2 is 1.18 bits per heavy atom. The van der Waals surface area contributed by atoms with E-state index in [-0.39, 0.29) is 29.5 Å². The third kappa shape index (κ3) is 2.51. The van der Waals surface area contributed by atoms with Crippen molar-refractivity contribution in [1.82, 2.24) is 20.4 Å². The molecule has 4 N–H and O–H groups in total. The average Bonchev–Trinajstić information content (AvgIpc) is 3.63. The smallest absolute Gasteiger partial charge is 0.247 e. The molecule has 6 heterocycles. The first-order valence-corrected chi connectivity index (χ1v) is 14.2. The molecular formula is C30H32N6O4. The molecular weight excluding hydrogens is 508 g/mol. The lowest BCUT2D eigenvalue weighted by Crippen LogP contribution is -2.67. The molecule has 40 heavy (non-hydrogen) atoms. The minimum atomic E-state index is -0.793. The molecule has 0 bridgehead atoms. The van der Waals surface area contributed by atoms with Crippen molar-refractivity contribution in [1.29, 1.82) is 0 Å². The van der Waals surface area contributed by atoms with Gasteiger partial charge in [-0.2, -0.15) is 0 Å². The van der Waals surface area contributed by atoms with Crippen molar-refractivity contribution in [3.8, 4) is 0 Å². The van der Waals surface area contributed by atoms with Crippen LogP contribution in [0.4, 0.5) is 11.4 Å². The standard InChI is InChI=1S/C30H32N6O4/c1-14(2)22-26(40)36-21(24(38)34-22)13-30(17-9-5-7-11-19(17)33-28(30)36)29-12-20-23(37)31-15(3)25(39)35(20)27(29)32-18-10-6-4-8-16(18)29/h4-11,14-15,20-22,27-28,32-33H,12-13H2,1-3H3,(H,31,37)(H,34,38)/t15-,20-,21-,22+,27+,28+,29-,30-/m0/s1. The summed E-state index contributed by atoms with van der Waals surface area (Å²) in [4.78, 5) is 58.5. The highest BCUT2D eigenvalue weighted by molar-refractivity contribution is 6.01. The molecule has 0 aliphatic carbocycles. The molecule has 0 saturated carbocycles. The van der Waals surface area contributed by atoms with Gasteiger partial charge in [0.25, 0.3) is 0 Å². The summed E-state index contributed by atoms with van der Waals surface area (Å²) in [6.07, 6.45) is -0.292. The SMILES string of the molecule is CC(C)[C@H]1NC(=O)[C@@H]2C[C@]3([C@]45C[C@H]6C(=O)N[C@@H](C)C(=O)N6[C@H]4Nc4ccccc45)c4ccccc4N[C@@H]3N2C1=O. The zero-order valence-electron chi connectivity index (χ0n) is 22.6. The lowest BCUT2D eigenvalue weighted by Gasteiger charge is -2.48. The zero-order chi connectivity index (χ0) is 27.7. The van der Waals surface area contributed by atoms with Crippen LogP contribution in [0.25, 0.3) is 0 Å². The molecule has 6 aliphatic heterocycles. The number of carbonyl (C=O) groups is 4. The summed E-state index contributed by atoms with van der Waals surface area (Å²) in [5, 5.41) is 13.2. The van der Waals surface area contributed by atoms with Crippen LogP contribution in [0.3, 0.4) is 0 Å². The summed E-state index contributed by atoms with van der Waals surface area (Å²) in [6.45, 7) is 5.60. The van der Waals surface area contributed by atoms with Gasteiger partial charge in [0.1, 0.15) is 36.5 Å². The van der Waals surface area contributed by atoms with Crippen molar-refractivity contribution in [2.45, 2.75) is 80.9 Å². The first kappa shape index (κ1) is 23.8. The highest BCUT2D eigenvalue weighted by atomic mass is 16.2. The molecule has 2 aromatic rings. The first-order chi connectivity index (χ1) is 19.2. The van der Waals surface area contributed by atoms with E-state index in [2.05, 4.69) is 33.4 Å². The summed E-state index contributed by atoms with van der Waals surface area (Å²) in [7, 11) is 0. The number of nitrogens with zero attached hydrogens (tertiary/aromatic N) is 2. The van der Waals surface area contributed by atoms with E-state index in [9.17, 15) is 19.2 Å². The van der Waals surface area contributed by atoms with Gasteiger partial charge >= 0.3 is 0 Å². The highest BCUT2D eigenvalue weighted by Gasteiger charge is 2.78. The Balaban J connectivity index is 1.41. The number of amides is 4. The van der Waals surface area contributed by atoms with Gasteiger partial charge < -0.3 is 31.1 Å². The van der Waals surface area contributed by atoms with Gasteiger partial charge in [0.05, 0.1) is 10.8 Å². The zero-order valence-corrected chi connectivity index (χ0v) is 22.6. The van der Waals surface area contributed by atoms with Crippen molar-refractivity contribution in [2.24, 2.45) is 5.92 Å². The second-order valence-corrected chi connectivity index (χ2v) is 12.5. The normalized spacial score (nSPS) is 38.5. The van der Waals surface area contributed by atoms with Gasteiger partial charge in [0.2, 0.25) is 23.6 Å².